The summed E-state index contributed by atoms with van der Waals surface area (Å²) in [6, 6.07) is 0. The van der Waals surface area contributed by atoms with Gasteiger partial charge >= 0.3 is 0 Å². The lowest BCUT2D eigenvalue weighted by molar-refractivity contribution is -0.0241. The molecule has 0 aromatic carbocycles. The van der Waals surface area contributed by atoms with Crippen LogP contribution in [-0.4, -0.2) is 53.2 Å². The van der Waals surface area contributed by atoms with E-state index in [0.717, 1.165) is 0 Å². The van der Waals surface area contributed by atoms with E-state index in [1.807, 2.05) is 0 Å². The molecule has 0 aliphatic carbocycles. The third-order valence-electron chi connectivity index (χ3n) is 3.29. The molecular formula is C10H12BrFN6O3. The first kappa shape index (κ1) is 14.4. The van der Waals surface area contributed by atoms with Crippen LogP contribution in [0.25, 0.3) is 5.65 Å². The maximum absolute atomic E-state index is 14.7. The minimum absolute atomic E-state index is 0.0324. The summed E-state index contributed by atoms with van der Waals surface area (Å²) in [5, 5.41) is 22.9. The lowest BCUT2D eigenvalue weighted by Crippen LogP contribution is -2.37. The Bertz CT molecular complexity index is 695. The predicted molar refractivity (Wildman–Crippen MR) is 73.1 cm³/mol. The molecule has 1 aliphatic heterocycles. The highest BCUT2D eigenvalue weighted by molar-refractivity contribution is 9.10. The predicted octanol–water partition coefficient (Wildman–Crippen LogP) is -0.858. The standard InChI is InChI=1S/C10H12BrFN6O3/c11-10(12)5(20)4(2-19)21-6(10)3-1-15-8-7(13)16-9(14)17-18(3)8/h1,4-6,19-20H,2H2,(H4,13,14,16,17)/t4-,5+,6+,10?/m1/s1. The number of imidazole rings is 1. The monoisotopic (exact) mass is 362 g/mol. The molecule has 1 aliphatic rings. The molecular weight excluding hydrogens is 351 g/mol. The van der Waals surface area contributed by atoms with Crippen molar-refractivity contribution in [3.63, 3.8) is 0 Å². The molecule has 0 amide bonds. The second-order valence-electron chi connectivity index (χ2n) is 4.63. The van der Waals surface area contributed by atoms with Gasteiger partial charge < -0.3 is 26.4 Å². The molecule has 3 heterocycles. The minimum atomic E-state index is -2.31. The number of nitrogens with zero attached hydrogens (tertiary/aromatic N) is 4. The quantitative estimate of drug-likeness (QED) is 0.505. The minimum Gasteiger partial charge on any atom is -0.394 e. The Kier molecular flexibility index (Phi) is 3.24. The van der Waals surface area contributed by atoms with E-state index in [4.69, 9.17) is 21.3 Å². The van der Waals surface area contributed by atoms with Crippen molar-refractivity contribution < 1.29 is 19.3 Å². The van der Waals surface area contributed by atoms with E-state index in [2.05, 4.69) is 31.0 Å². The van der Waals surface area contributed by atoms with Crippen LogP contribution in [0.1, 0.15) is 11.8 Å². The normalized spacial score (nSPS) is 32.9. The number of anilines is 2. The van der Waals surface area contributed by atoms with E-state index in [0.29, 0.717) is 0 Å². The fourth-order valence-electron chi connectivity index (χ4n) is 2.27. The molecule has 114 valence electrons. The number of aliphatic hydroxyl groups is 2. The zero-order valence-electron chi connectivity index (χ0n) is 10.5. The Morgan fingerprint density at radius 3 is 2.86 bits per heavy atom. The lowest BCUT2D eigenvalue weighted by atomic mass is 10.1. The van der Waals surface area contributed by atoms with Crippen molar-refractivity contribution >= 4 is 33.3 Å². The maximum Gasteiger partial charge on any atom is 0.240 e. The summed E-state index contributed by atoms with van der Waals surface area (Å²) in [7, 11) is 0. The Hall–Kier alpha value is -1.56. The van der Waals surface area contributed by atoms with Gasteiger partial charge in [-0.2, -0.15) is 4.98 Å². The van der Waals surface area contributed by atoms with E-state index < -0.39 is 29.5 Å². The average Bonchev–Trinajstić information content (AvgIpc) is 2.91. The van der Waals surface area contributed by atoms with Crippen molar-refractivity contribution in [1.82, 2.24) is 19.6 Å². The van der Waals surface area contributed by atoms with Gasteiger partial charge in [-0.05, 0) is 15.9 Å². The molecule has 2 aromatic rings. The molecule has 1 unspecified atom stereocenters. The second kappa shape index (κ2) is 4.73. The van der Waals surface area contributed by atoms with Gasteiger partial charge in [-0.25, -0.2) is 13.9 Å². The Labute approximate surface area is 125 Å². The zero-order valence-corrected chi connectivity index (χ0v) is 12.1. The number of alkyl halides is 2. The van der Waals surface area contributed by atoms with Crippen molar-refractivity contribution in [2.24, 2.45) is 0 Å². The van der Waals surface area contributed by atoms with E-state index >= 15 is 0 Å². The van der Waals surface area contributed by atoms with E-state index in [1.165, 1.54) is 10.7 Å². The molecule has 0 bridgehead atoms. The van der Waals surface area contributed by atoms with Crippen molar-refractivity contribution in [1.29, 1.82) is 0 Å². The van der Waals surface area contributed by atoms with E-state index in [1.54, 1.807) is 0 Å². The SMILES string of the molecule is Nc1nc(N)c2ncc([C@@H]3O[C@H](CO)[C@H](O)C3(F)Br)n2n1. The van der Waals surface area contributed by atoms with Crippen LogP contribution in [0.3, 0.4) is 0 Å². The summed E-state index contributed by atoms with van der Waals surface area (Å²) in [4.78, 5) is 7.74. The Morgan fingerprint density at radius 2 is 2.24 bits per heavy atom. The van der Waals surface area contributed by atoms with Gasteiger partial charge in [0, 0.05) is 0 Å². The van der Waals surface area contributed by atoms with Crippen LogP contribution >= 0.6 is 15.9 Å². The smallest absolute Gasteiger partial charge is 0.240 e. The lowest BCUT2D eigenvalue weighted by Gasteiger charge is -2.21. The number of ether oxygens (including phenoxy) is 1. The summed E-state index contributed by atoms with van der Waals surface area (Å²) in [6.07, 6.45) is -2.60. The van der Waals surface area contributed by atoms with Crippen LogP contribution in [0, 0.1) is 0 Å². The van der Waals surface area contributed by atoms with Gasteiger partial charge in [-0.1, -0.05) is 0 Å². The first-order valence-electron chi connectivity index (χ1n) is 5.95. The third kappa shape index (κ3) is 2.04. The molecule has 9 nitrogen and oxygen atoms in total. The molecule has 4 atom stereocenters. The number of rotatable bonds is 2. The summed E-state index contributed by atoms with van der Waals surface area (Å²) < 4.78 is 18.9. The highest BCUT2D eigenvalue weighted by atomic mass is 79.9. The van der Waals surface area contributed by atoms with Gasteiger partial charge in [-0.3, -0.25) is 0 Å². The van der Waals surface area contributed by atoms with Crippen LogP contribution < -0.4 is 11.5 Å². The first-order valence-corrected chi connectivity index (χ1v) is 6.74. The number of hydrogen-bond acceptors (Lipinski definition) is 8. The van der Waals surface area contributed by atoms with Gasteiger partial charge in [0.25, 0.3) is 0 Å². The second-order valence-corrected chi connectivity index (χ2v) is 5.85. The van der Waals surface area contributed by atoms with Gasteiger partial charge in [0.05, 0.1) is 18.5 Å². The van der Waals surface area contributed by atoms with Crippen molar-refractivity contribution in [2.45, 2.75) is 22.9 Å². The molecule has 1 saturated heterocycles. The summed E-state index contributed by atoms with van der Waals surface area (Å²) >= 11 is 2.80. The molecule has 11 heteroatoms. The largest absolute Gasteiger partial charge is 0.394 e. The van der Waals surface area contributed by atoms with Gasteiger partial charge in [0.1, 0.15) is 18.3 Å². The topological polar surface area (TPSA) is 145 Å². The number of aliphatic hydroxyl groups excluding tert-OH is 2. The van der Waals surface area contributed by atoms with Crippen molar-refractivity contribution in [3.8, 4) is 0 Å². The number of hydrogen-bond donors (Lipinski definition) is 4. The summed E-state index contributed by atoms with van der Waals surface area (Å²) in [5.41, 5.74) is 11.5. The zero-order chi connectivity index (χ0) is 15.4. The van der Waals surface area contributed by atoms with E-state index in [-0.39, 0.29) is 23.1 Å². The number of aromatic nitrogens is 4. The first-order chi connectivity index (χ1) is 9.86. The Balaban J connectivity index is 2.13. The van der Waals surface area contributed by atoms with Gasteiger partial charge in [-0.15, -0.1) is 5.10 Å². The van der Waals surface area contributed by atoms with Gasteiger partial charge in [0.15, 0.2) is 11.5 Å². The number of nitrogen functional groups attached to an aromatic ring is 2. The maximum atomic E-state index is 14.7. The van der Waals surface area contributed by atoms with Crippen LogP contribution in [0.5, 0.6) is 0 Å². The highest BCUT2D eigenvalue weighted by Crippen LogP contribution is 2.48. The molecule has 1 fully saturated rings. The Morgan fingerprint density at radius 1 is 1.52 bits per heavy atom. The summed E-state index contributed by atoms with van der Waals surface area (Å²) in [5.74, 6) is -0.0828. The van der Waals surface area contributed by atoms with Crippen LogP contribution in [0.4, 0.5) is 16.2 Å². The molecule has 3 rings (SSSR count). The number of nitrogens with two attached hydrogens (primary N) is 2. The van der Waals surface area contributed by atoms with Crippen LogP contribution in [0.15, 0.2) is 6.20 Å². The van der Waals surface area contributed by atoms with Crippen molar-refractivity contribution in [3.05, 3.63) is 11.9 Å². The highest BCUT2D eigenvalue weighted by Gasteiger charge is 2.57. The molecule has 6 N–H and O–H groups in total. The van der Waals surface area contributed by atoms with Crippen LogP contribution in [0.2, 0.25) is 0 Å². The van der Waals surface area contributed by atoms with Crippen molar-refractivity contribution in [2.75, 3.05) is 18.1 Å². The fraction of sp³-hybridized carbons (Fsp3) is 0.500. The van der Waals surface area contributed by atoms with Gasteiger partial charge in [0.2, 0.25) is 10.5 Å². The molecule has 2 aromatic heterocycles. The van der Waals surface area contributed by atoms with Crippen LogP contribution in [-0.2, 0) is 4.74 Å². The van der Waals surface area contributed by atoms with E-state index in [9.17, 15) is 9.50 Å². The molecule has 0 spiro atoms. The fourth-order valence-corrected chi connectivity index (χ4v) is 2.91. The molecule has 21 heavy (non-hydrogen) atoms. The number of halogens is 2. The number of fused-ring (bicyclic) bond motifs is 1. The third-order valence-corrected chi connectivity index (χ3v) is 4.17. The average molecular weight is 363 g/mol. The summed E-state index contributed by atoms with van der Waals surface area (Å²) in [6.45, 7) is -0.537. The molecule has 0 saturated carbocycles. The molecule has 0 radical (unpaired) electrons.